The Labute approximate surface area is 122 Å². The maximum Gasteiger partial charge on any atom is 0.207 e. The van der Waals surface area contributed by atoms with E-state index in [1.807, 2.05) is 12.4 Å². The first-order valence-corrected chi connectivity index (χ1v) is 7.40. The first kappa shape index (κ1) is 14.6. The summed E-state index contributed by atoms with van der Waals surface area (Å²) in [5, 5.41) is 3.49. The van der Waals surface area contributed by atoms with Gasteiger partial charge in [-0.05, 0) is 23.5 Å². The Morgan fingerprint density at radius 3 is 2.65 bits per heavy atom. The largest absolute Gasteiger partial charge is 0.325 e. The summed E-state index contributed by atoms with van der Waals surface area (Å²) in [5.41, 5.74) is 2.57. The molecule has 0 amide bonds. The molecule has 0 bridgehead atoms. The summed E-state index contributed by atoms with van der Waals surface area (Å²) in [6, 6.07) is 8.47. The molecule has 0 fully saturated rings. The van der Waals surface area contributed by atoms with Crippen LogP contribution in [0.4, 0.5) is 11.6 Å². The van der Waals surface area contributed by atoms with E-state index in [9.17, 15) is 0 Å². The van der Waals surface area contributed by atoms with Crippen molar-refractivity contribution in [3.63, 3.8) is 0 Å². The van der Waals surface area contributed by atoms with Crippen molar-refractivity contribution in [2.75, 3.05) is 5.32 Å². The number of anilines is 2. The van der Waals surface area contributed by atoms with E-state index in [-0.39, 0.29) is 5.41 Å². The van der Waals surface area contributed by atoms with Crippen molar-refractivity contribution in [2.45, 2.75) is 52.5 Å². The molecule has 0 atom stereocenters. The molecular formula is C17H25N3. The molecule has 1 N–H and O–H groups in total. The van der Waals surface area contributed by atoms with Crippen LogP contribution in [0.3, 0.4) is 0 Å². The van der Waals surface area contributed by atoms with Crippen LogP contribution in [0.25, 0.3) is 0 Å². The molecule has 0 radical (unpaired) electrons. The molecule has 108 valence electrons. The highest BCUT2D eigenvalue weighted by atomic mass is 15.2. The van der Waals surface area contributed by atoms with E-state index in [2.05, 4.69) is 66.8 Å². The third-order valence-electron chi connectivity index (χ3n) is 3.45. The summed E-state index contributed by atoms with van der Waals surface area (Å²) in [6.07, 6.45) is 6.26. The topological polar surface area (TPSA) is 29.9 Å². The summed E-state index contributed by atoms with van der Waals surface area (Å²) in [6.45, 7) is 9.92. The number of benzene rings is 1. The van der Waals surface area contributed by atoms with Gasteiger partial charge in [0.05, 0.1) is 0 Å². The number of unbranched alkanes of at least 4 members (excludes halogenated alkanes) is 1. The Bertz CT molecular complexity index is 549. The summed E-state index contributed by atoms with van der Waals surface area (Å²) in [4.78, 5) is 4.44. The molecular weight excluding hydrogens is 246 g/mol. The van der Waals surface area contributed by atoms with Gasteiger partial charge >= 0.3 is 0 Å². The highest BCUT2D eigenvalue weighted by molar-refractivity contribution is 5.60. The summed E-state index contributed by atoms with van der Waals surface area (Å²) in [5.74, 6) is 0.926. The van der Waals surface area contributed by atoms with Crippen molar-refractivity contribution in [3.8, 4) is 0 Å². The van der Waals surface area contributed by atoms with Crippen molar-refractivity contribution >= 4 is 11.6 Å². The van der Waals surface area contributed by atoms with Crippen LogP contribution < -0.4 is 5.32 Å². The average Bonchev–Trinajstić information content (AvgIpc) is 2.83. The molecule has 0 saturated carbocycles. The van der Waals surface area contributed by atoms with Gasteiger partial charge < -0.3 is 9.88 Å². The maximum absolute atomic E-state index is 4.44. The monoisotopic (exact) mass is 271 g/mol. The Hall–Kier alpha value is -1.77. The third-order valence-corrected chi connectivity index (χ3v) is 3.45. The molecule has 2 rings (SSSR count). The average molecular weight is 271 g/mol. The van der Waals surface area contributed by atoms with Crippen LogP contribution in [-0.2, 0) is 12.0 Å². The van der Waals surface area contributed by atoms with Gasteiger partial charge in [0, 0.05) is 24.6 Å². The third kappa shape index (κ3) is 3.41. The lowest BCUT2D eigenvalue weighted by atomic mass is 9.86. The first-order valence-electron chi connectivity index (χ1n) is 7.40. The number of nitrogens with zero attached hydrogens (tertiary/aromatic N) is 2. The fraction of sp³-hybridized carbons (Fsp3) is 0.471. The minimum Gasteiger partial charge on any atom is -0.325 e. The molecule has 1 heterocycles. The lowest BCUT2D eigenvalue weighted by Gasteiger charge is -2.23. The van der Waals surface area contributed by atoms with Crippen LogP contribution in [0.2, 0.25) is 0 Å². The Morgan fingerprint density at radius 2 is 1.95 bits per heavy atom. The van der Waals surface area contributed by atoms with Gasteiger partial charge in [-0.2, -0.15) is 0 Å². The molecule has 3 heteroatoms. The second kappa shape index (κ2) is 6.12. The number of imidazole rings is 1. The molecule has 2 aromatic rings. The van der Waals surface area contributed by atoms with Crippen LogP contribution in [0.15, 0.2) is 36.7 Å². The first-order chi connectivity index (χ1) is 9.52. The van der Waals surface area contributed by atoms with Crippen LogP contribution >= 0.6 is 0 Å². The van der Waals surface area contributed by atoms with Crippen LogP contribution in [0, 0.1) is 0 Å². The van der Waals surface area contributed by atoms with Crippen LogP contribution in [0.5, 0.6) is 0 Å². The highest BCUT2D eigenvalue weighted by Gasteiger charge is 2.18. The standard InChI is InChI=1S/C17H25N3/c1-5-6-12-20-13-11-18-16(20)19-15-10-8-7-9-14(15)17(2,3)4/h7-11,13H,5-6,12H2,1-4H3,(H,18,19). The van der Waals surface area contributed by atoms with E-state index in [0.717, 1.165) is 18.2 Å². The fourth-order valence-electron chi connectivity index (χ4n) is 2.31. The number of nitrogens with one attached hydrogen (secondary N) is 1. The van der Waals surface area contributed by atoms with Crippen molar-refractivity contribution in [1.82, 2.24) is 9.55 Å². The van der Waals surface area contributed by atoms with Crippen molar-refractivity contribution in [2.24, 2.45) is 0 Å². The van der Waals surface area contributed by atoms with Gasteiger partial charge in [-0.1, -0.05) is 52.3 Å². The number of hydrogen-bond donors (Lipinski definition) is 1. The molecule has 0 spiro atoms. The lowest BCUT2D eigenvalue weighted by Crippen LogP contribution is -2.14. The smallest absolute Gasteiger partial charge is 0.207 e. The second-order valence-corrected chi connectivity index (χ2v) is 6.22. The molecule has 0 unspecified atom stereocenters. The van der Waals surface area contributed by atoms with Crippen molar-refractivity contribution in [3.05, 3.63) is 42.2 Å². The fourth-order valence-corrected chi connectivity index (χ4v) is 2.31. The molecule has 20 heavy (non-hydrogen) atoms. The summed E-state index contributed by atoms with van der Waals surface area (Å²) >= 11 is 0. The minimum atomic E-state index is 0.116. The second-order valence-electron chi connectivity index (χ2n) is 6.22. The summed E-state index contributed by atoms with van der Waals surface area (Å²) < 4.78 is 2.18. The molecule has 0 saturated heterocycles. The predicted octanol–water partition coefficient (Wildman–Crippen LogP) is 4.72. The quantitative estimate of drug-likeness (QED) is 0.852. The van der Waals surface area contributed by atoms with Gasteiger partial charge in [0.15, 0.2) is 0 Å². The van der Waals surface area contributed by atoms with Gasteiger partial charge in [0.25, 0.3) is 0 Å². The molecule has 1 aromatic heterocycles. The van der Waals surface area contributed by atoms with E-state index in [4.69, 9.17) is 0 Å². The SMILES string of the molecule is CCCCn1ccnc1Nc1ccccc1C(C)(C)C. The number of aryl methyl sites for hydroxylation is 1. The maximum atomic E-state index is 4.44. The molecule has 1 aromatic carbocycles. The van der Waals surface area contributed by atoms with E-state index in [0.29, 0.717) is 0 Å². The molecule has 0 aliphatic heterocycles. The number of hydrogen-bond acceptors (Lipinski definition) is 2. The van der Waals surface area contributed by atoms with Crippen molar-refractivity contribution < 1.29 is 0 Å². The van der Waals surface area contributed by atoms with E-state index in [1.54, 1.807) is 0 Å². The van der Waals surface area contributed by atoms with Gasteiger partial charge in [-0.3, -0.25) is 0 Å². The van der Waals surface area contributed by atoms with Gasteiger partial charge in [0.2, 0.25) is 5.95 Å². The number of rotatable bonds is 5. The zero-order chi connectivity index (χ0) is 14.6. The van der Waals surface area contributed by atoms with Gasteiger partial charge in [0.1, 0.15) is 0 Å². The lowest BCUT2D eigenvalue weighted by molar-refractivity contribution is 0.591. The van der Waals surface area contributed by atoms with E-state index < -0.39 is 0 Å². The minimum absolute atomic E-state index is 0.116. The molecule has 0 aliphatic rings. The zero-order valence-corrected chi connectivity index (χ0v) is 13.0. The van der Waals surface area contributed by atoms with Gasteiger partial charge in [-0.15, -0.1) is 0 Å². The Kier molecular flexibility index (Phi) is 4.48. The van der Waals surface area contributed by atoms with Crippen molar-refractivity contribution in [1.29, 1.82) is 0 Å². The van der Waals surface area contributed by atoms with Crippen LogP contribution in [-0.4, -0.2) is 9.55 Å². The normalized spacial score (nSPS) is 11.6. The molecule has 0 aliphatic carbocycles. The van der Waals surface area contributed by atoms with E-state index in [1.165, 1.54) is 18.4 Å². The molecule has 3 nitrogen and oxygen atoms in total. The van der Waals surface area contributed by atoms with Gasteiger partial charge in [-0.25, -0.2) is 4.98 Å². The summed E-state index contributed by atoms with van der Waals surface area (Å²) in [7, 11) is 0. The number of para-hydroxylation sites is 1. The zero-order valence-electron chi connectivity index (χ0n) is 13.0. The number of aromatic nitrogens is 2. The Balaban J connectivity index is 2.25. The highest BCUT2D eigenvalue weighted by Crippen LogP contribution is 2.30. The predicted molar refractivity (Wildman–Crippen MR) is 85.6 cm³/mol. The Morgan fingerprint density at radius 1 is 1.20 bits per heavy atom. The van der Waals surface area contributed by atoms with E-state index >= 15 is 0 Å². The van der Waals surface area contributed by atoms with Crippen LogP contribution in [0.1, 0.15) is 46.1 Å².